The molecule has 0 aliphatic carbocycles. The van der Waals surface area contributed by atoms with E-state index in [0.717, 1.165) is 116 Å². The van der Waals surface area contributed by atoms with Crippen LogP contribution in [0.1, 0.15) is 277 Å². The van der Waals surface area contributed by atoms with Gasteiger partial charge in [0, 0.05) is 6.42 Å². The summed E-state index contributed by atoms with van der Waals surface area (Å²) >= 11 is 0. The average molecular weight is 1500 g/mol. The summed E-state index contributed by atoms with van der Waals surface area (Å²) in [6.07, 6.45) is 67.1. The van der Waals surface area contributed by atoms with Gasteiger partial charge in [-0.25, -0.2) is 0 Å². The maximum Gasteiger partial charge on any atom is 0.220 e. The van der Waals surface area contributed by atoms with Crippen molar-refractivity contribution in [2.75, 3.05) is 26.4 Å². The van der Waals surface area contributed by atoms with Gasteiger partial charge >= 0.3 is 0 Å². The third kappa shape index (κ3) is 44.7. The Bertz CT molecular complexity index is 2440. The minimum absolute atomic E-state index is 0.205. The number of aliphatic hydroxyl groups excluding tert-OH is 11. The summed E-state index contributed by atoms with van der Waals surface area (Å²) in [6.45, 7) is 1.62. The zero-order valence-corrected chi connectivity index (χ0v) is 65.1. The number of carbonyl (C=O) groups excluding carboxylic acids is 1. The van der Waals surface area contributed by atoms with Gasteiger partial charge in [-0.15, -0.1) is 0 Å². The molecular weight excluding hydrogens is 1350 g/mol. The van der Waals surface area contributed by atoms with Gasteiger partial charge in [-0.05, 0) is 96.3 Å². The Morgan fingerprint density at radius 2 is 0.651 bits per heavy atom. The monoisotopic (exact) mass is 1490 g/mol. The molecule has 17 unspecified atom stereocenters. The number of hydrogen-bond acceptors (Lipinski definition) is 18. The molecule has 3 aliphatic heterocycles. The van der Waals surface area contributed by atoms with Crippen LogP contribution in [-0.4, -0.2) is 193 Å². The van der Waals surface area contributed by atoms with Gasteiger partial charge in [0.2, 0.25) is 5.91 Å². The van der Waals surface area contributed by atoms with E-state index in [4.69, 9.17) is 28.4 Å². The zero-order chi connectivity index (χ0) is 76.7. The summed E-state index contributed by atoms with van der Waals surface area (Å²) in [4.78, 5) is 13.5. The van der Waals surface area contributed by atoms with Crippen LogP contribution < -0.4 is 5.32 Å². The van der Waals surface area contributed by atoms with Crippen LogP contribution in [0, 0.1) is 0 Å². The van der Waals surface area contributed by atoms with Gasteiger partial charge in [0.05, 0.1) is 38.6 Å². The number of nitrogens with one attached hydrogen (secondary N) is 1. The number of carbonyl (C=O) groups is 1. The number of unbranched alkanes of at least 4 members (excludes halogenated alkanes) is 28. The van der Waals surface area contributed by atoms with Crippen molar-refractivity contribution in [1.82, 2.24) is 5.32 Å². The fourth-order valence-electron chi connectivity index (χ4n) is 13.1. The molecular formula is C87H147NO18. The minimum Gasteiger partial charge on any atom is -0.394 e. The van der Waals surface area contributed by atoms with Gasteiger partial charge < -0.3 is 89.9 Å². The van der Waals surface area contributed by atoms with E-state index in [-0.39, 0.29) is 18.9 Å². The number of rotatable bonds is 64. The van der Waals surface area contributed by atoms with Crippen molar-refractivity contribution in [2.45, 2.75) is 381 Å². The van der Waals surface area contributed by atoms with E-state index in [1.54, 1.807) is 6.08 Å². The molecule has 3 rings (SSSR count). The molecule has 3 fully saturated rings. The van der Waals surface area contributed by atoms with Gasteiger partial charge in [-0.3, -0.25) is 4.79 Å². The topological polar surface area (TPSA) is 307 Å². The van der Waals surface area contributed by atoms with E-state index in [0.29, 0.717) is 6.42 Å². The van der Waals surface area contributed by atoms with E-state index in [9.17, 15) is 61.0 Å². The normalized spacial score (nSPS) is 26.4. The Balaban J connectivity index is 1.39. The summed E-state index contributed by atoms with van der Waals surface area (Å²) < 4.78 is 34.4. The summed E-state index contributed by atoms with van der Waals surface area (Å²) in [5.41, 5.74) is 0. The second kappa shape index (κ2) is 65.6. The Kier molecular flexibility index (Phi) is 59.5. The predicted molar refractivity (Wildman–Crippen MR) is 424 cm³/mol. The van der Waals surface area contributed by atoms with Crippen LogP contribution in [0.25, 0.3) is 0 Å². The average Bonchev–Trinajstić information content (AvgIpc) is 0.779. The van der Waals surface area contributed by atoms with Crippen molar-refractivity contribution >= 4 is 5.91 Å². The van der Waals surface area contributed by atoms with Crippen molar-refractivity contribution < 1.29 is 89.4 Å². The fourth-order valence-corrected chi connectivity index (χ4v) is 13.1. The van der Waals surface area contributed by atoms with E-state index in [1.807, 2.05) is 6.08 Å². The SMILES string of the molecule is CC/C=C\C/C=C\C/C=C\C/C=C\C/C=C\C/C=C\C/C=C\C/C=C\C/C=C\C/C=C\CCCCCCC(=O)NC(COC1OC(CO)C(OC2OC(CO)C(OC3OC(CO)C(O)C(O)C3O)C(O)C2O)C(O)C1O)C(O)/C=C/CCCCCCCCCCCCCCCCCCCCCCCCCC. The van der Waals surface area contributed by atoms with E-state index >= 15 is 0 Å². The van der Waals surface area contributed by atoms with Crippen LogP contribution in [0.3, 0.4) is 0 Å². The molecule has 1 amide bonds. The second-order valence-electron chi connectivity index (χ2n) is 28.9. The van der Waals surface area contributed by atoms with Gasteiger partial charge in [-0.1, -0.05) is 308 Å². The van der Waals surface area contributed by atoms with Crippen LogP contribution in [-0.2, 0) is 33.2 Å². The molecule has 0 aromatic heterocycles. The third-order valence-corrected chi connectivity index (χ3v) is 19.7. The lowest BCUT2D eigenvalue weighted by atomic mass is 9.96. The van der Waals surface area contributed by atoms with Crippen LogP contribution in [0.2, 0.25) is 0 Å². The number of aliphatic hydroxyl groups is 11. The van der Waals surface area contributed by atoms with Crippen molar-refractivity contribution in [3.05, 3.63) is 134 Å². The molecule has 0 aromatic rings. The van der Waals surface area contributed by atoms with E-state index in [1.165, 1.54) is 135 Å². The maximum atomic E-state index is 13.5. The number of hydrogen-bond donors (Lipinski definition) is 12. The maximum absolute atomic E-state index is 13.5. The highest BCUT2D eigenvalue weighted by molar-refractivity contribution is 5.76. The lowest BCUT2D eigenvalue weighted by Gasteiger charge is -2.48. The Morgan fingerprint density at radius 1 is 0.349 bits per heavy atom. The molecule has 0 spiro atoms. The predicted octanol–water partition coefficient (Wildman–Crippen LogP) is 14.4. The molecule has 19 nitrogen and oxygen atoms in total. The number of ether oxygens (including phenoxy) is 6. The first-order valence-electron chi connectivity index (χ1n) is 41.4. The molecule has 0 aromatic carbocycles. The summed E-state index contributed by atoms with van der Waals surface area (Å²) in [5, 5.41) is 121. The first kappa shape index (κ1) is 96.1. The smallest absolute Gasteiger partial charge is 0.220 e. The minimum atomic E-state index is -1.99. The highest BCUT2D eigenvalue weighted by Crippen LogP contribution is 2.33. The van der Waals surface area contributed by atoms with Gasteiger partial charge in [-0.2, -0.15) is 0 Å². The van der Waals surface area contributed by atoms with Gasteiger partial charge in [0.15, 0.2) is 18.9 Å². The molecule has 3 aliphatic rings. The third-order valence-electron chi connectivity index (χ3n) is 19.7. The fraction of sp³-hybridized carbons (Fsp3) is 0.736. The molecule has 17 atom stereocenters. The van der Waals surface area contributed by atoms with Crippen molar-refractivity contribution in [3.63, 3.8) is 0 Å². The van der Waals surface area contributed by atoms with Crippen LogP contribution >= 0.6 is 0 Å². The standard InChI is InChI=1S/C87H147NO18/c1-3-5-7-9-11-13-15-17-19-21-23-25-27-29-31-32-33-34-35-36-37-38-39-41-43-45-47-49-51-53-55-57-59-61-63-65-75(93)88-70(71(92)64-62-60-58-56-54-52-50-48-46-44-42-40-30-28-26-24-22-20-18-16-14-12-10-8-6-4-2)69-101-85-81(99)78(96)83(73(67-90)103-85)106-87-82(100)79(97)84(74(68-91)104-87)105-86-80(98)77(95)76(94)72(66-89)102-86/h5,7,11,13,17,19,23,25,29,31,33-34,36-37,39,41,45,47,51,53,62,64,70-74,76-87,89-92,94-100H,3-4,6,8-10,12,14-16,18,20-22,24,26-28,30,32,35,38,40,42-44,46,48-50,52,54-61,63,65-69H2,1-2H3,(H,88,93)/b7-5-,13-11-,19-17-,25-23-,31-29-,34-33-,37-36-,41-39-,47-45-,53-51-,64-62+. The summed E-state index contributed by atoms with van der Waals surface area (Å²) in [5.74, 6) is -0.303. The lowest BCUT2D eigenvalue weighted by Crippen LogP contribution is -2.66. The summed E-state index contributed by atoms with van der Waals surface area (Å²) in [7, 11) is 0. The molecule has 3 heterocycles. The first-order chi connectivity index (χ1) is 51.8. The van der Waals surface area contributed by atoms with Crippen LogP contribution in [0.15, 0.2) is 134 Å². The molecule has 3 saturated heterocycles. The number of amides is 1. The molecule has 0 radical (unpaired) electrons. The zero-order valence-electron chi connectivity index (χ0n) is 65.1. The molecule has 0 saturated carbocycles. The lowest BCUT2D eigenvalue weighted by molar-refractivity contribution is -0.379. The highest BCUT2D eigenvalue weighted by atomic mass is 16.8. The van der Waals surface area contributed by atoms with Crippen molar-refractivity contribution in [1.29, 1.82) is 0 Å². The largest absolute Gasteiger partial charge is 0.394 e. The Labute approximate surface area is 639 Å². The molecule has 19 heteroatoms. The molecule has 0 bridgehead atoms. The Hall–Kier alpha value is -4.07. The quantitative estimate of drug-likeness (QED) is 0.0199. The first-order valence-corrected chi connectivity index (χ1v) is 41.4. The van der Waals surface area contributed by atoms with Crippen LogP contribution in [0.5, 0.6) is 0 Å². The molecule has 106 heavy (non-hydrogen) atoms. The number of allylic oxidation sites excluding steroid dienone is 21. The second-order valence-corrected chi connectivity index (χ2v) is 28.9. The van der Waals surface area contributed by atoms with Crippen LogP contribution in [0.4, 0.5) is 0 Å². The van der Waals surface area contributed by atoms with Gasteiger partial charge in [0.1, 0.15) is 73.2 Å². The van der Waals surface area contributed by atoms with Crippen molar-refractivity contribution in [3.8, 4) is 0 Å². The molecule has 608 valence electrons. The van der Waals surface area contributed by atoms with Crippen molar-refractivity contribution in [2.24, 2.45) is 0 Å². The van der Waals surface area contributed by atoms with E-state index < -0.39 is 124 Å². The van der Waals surface area contributed by atoms with E-state index in [2.05, 4.69) is 141 Å². The van der Waals surface area contributed by atoms with Gasteiger partial charge in [0.25, 0.3) is 0 Å². The highest BCUT2D eigenvalue weighted by Gasteiger charge is 2.54. The Morgan fingerprint density at radius 3 is 1.02 bits per heavy atom. The summed E-state index contributed by atoms with van der Waals surface area (Å²) in [6, 6.07) is -0.999. The molecule has 12 N–H and O–H groups in total.